The van der Waals surface area contributed by atoms with Crippen molar-refractivity contribution >= 4 is 27.7 Å². The fraction of sp³-hybridized carbons (Fsp3) is 0.778. The van der Waals surface area contributed by atoms with Gasteiger partial charge in [-0.25, -0.2) is 0 Å². The molecule has 0 heterocycles. The Hall–Kier alpha value is -0.380. The molecular formula is C9H13BrO3. The van der Waals surface area contributed by atoms with Crippen molar-refractivity contribution in [3.8, 4) is 0 Å². The van der Waals surface area contributed by atoms with Gasteiger partial charge in [0.15, 0.2) is 5.78 Å². The predicted octanol–water partition coefficient (Wildman–Crippen LogP) is 1.68. The van der Waals surface area contributed by atoms with Crippen molar-refractivity contribution in [1.29, 1.82) is 0 Å². The van der Waals surface area contributed by atoms with E-state index in [0.29, 0.717) is 13.0 Å². The van der Waals surface area contributed by atoms with Crippen LogP contribution >= 0.6 is 15.9 Å². The van der Waals surface area contributed by atoms with Crippen LogP contribution in [0, 0.1) is 5.92 Å². The summed E-state index contributed by atoms with van der Waals surface area (Å²) in [5.74, 6) is -0.917. The molecule has 1 aliphatic carbocycles. The number of hydrogen-bond acceptors (Lipinski definition) is 3. The summed E-state index contributed by atoms with van der Waals surface area (Å²) in [6.45, 7) is 2.09. The van der Waals surface area contributed by atoms with E-state index in [0.717, 1.165) is 12.8 Å². The number of ketones is 1. The van der Waals surface area contributed by atoms with Gasteiger partial charge in [0, 0.05) is 0 Å². The molecule has 0 radical (unpaired) electrons. The van der Waals surface area contributed by atoms with E-state index in [1.165, 1.54) is 0 Å². The first-order valence-corrected chi connectivity index (χ1v) is 5.42. The molecule has 1 aliphatic rings. The lowest BCUT2D eigenvalue weighted by atomic mass is 9.88. The standard InChI is InChI=1S/C9H13BrO3/c1-2-13-9(12)6-4-3-5-7(10)8(6)11/h6-7H,2-5H2,1H3/t6-,7-/m1/s1. The minimum Gasteiger partial charge on any atom is -0.465 e. The molecule has 0 aliphatic heterocycles. The third-order valence-electron chi connectivity index (χ3n) is 2.17. The summed E-state index contributed by atoms with van der Waals surface area (Å²) in [6.07, 6.45) is 2.37. The number of Topliss-reactive ketones (excluding diaryl/α,β-unsaturated/α-hetero) is 1. The van der Waals surface area contributed by atoms with Crippen LogP contribution < -0.4 is 0 Å². The summed E-state index contributed by atoms with van der Waals surface area (Å²) in [5.41, 5.74) is 0. The summed E-state index contributed by atoms with van der Waals surface area (Å²) < 4.78 is 4.82. The molecule has 0 bridgehead atoms. The number of carbonyl (C=O) groups is 2. The van der Waals surface area contributed by atoms with E-state index in [-0.39, 0.29) is 16.6 Å². The largest absolute Gasteiger partial charge is 0.465 e. The molecule has 1 rings (SSSR count). The number of halogens is 1. The minimum atomic E-state index is -0.530. The Morgan fingerprint density at radius 3 is 2.92 bits per heavy atom. The quantitative estimate of drug-likeness (QED) is 0.425. The zero-order valence-electron chi connectivity index (χ0n) is 7.59. The fourth-order valence-electron chi connectivity index (χ4n) is 1.48. The number of ether oxygens (including phenoxy) is 1. The molecule has 0 spiro atoms. The van der Waals surface area contributed by atoms with Gasteiger partial charge in [-0.2, -0.15) is 0 Å². The van der Waals surface area contributed by atoms with Gasteiger partial charge in [-0.05, 0) is 19.8 Å². The van der Waals surface area contributed by atoms with Crippen molar-refractivity contribution < 1.29 is 14.3 Å². The third-order valence-corrected chi connectivity index (χ3v) is 3.08. The molecule has 2 atom stereocenters. The topological polar surface area (TPSA) is 43.4 Å². The molecule has 0 aromatic carbocycles. The minimum absolute atomic E-state index is 0.0234. The van der Waals surface area contributed by atoms with Gasteiger partial charge < -0.3 is 4.74 Å². The molecule has 0 aromatic rings. The van der Waals surface area contributed by atoms with Crippen LogP contribution in [0.15, 0.2) is 0 Å². The van der Waals surface area contributed by atoms with Crippen LogP contribution in [0.5, 0.6) is 0 Å². The number of rotatable bonds is 2. The molecular weight excluding hydrogens is 236 g/mol. The molecule has 1 saturated carbocycles. The number of hydrogen-bond donors (Lipinski definition) is 0. The highest BCUT2D eigenvalue weighted by atomic mass is 79.9. The van der Waals surface area contributed by atoms with Gasteiger partial charge in [0.2, 0.25) is 0 Å². The molecule has 0 N–H and O–H groups in total. The molecule has 0 unspecified atom stereocenters. The lowest BCUT2D eigenvalue weighted by Crippen LogP contribution is -2.35. The van der Waals surface area contributed by atoms with E-state index in [1.54, 1.807) is 6.92 Å². The van der Waals surface area contributed by atoms with Gasteiger partial charge in [-0.3, -0.25) is 9.59 Å². The summed E-state index contributed by atoms with van der Waals surface area (Å²) in [7, 11) is 0. The van der Waals surface area contributed by atoms with Crippen LogP contribution in [0.2, 0.25) is 0 Å². The molecule has 0 aromatic heterocycles. The maximum atomic E-state index is 11.5. The Morgan fingerprint density at radius 1 is 1.62 bits per heavy atom. The van der Waals surface area contributed by atoms with Crippen LogP contribution in [-0.4, -0.2) is 23.2 Å². The molecule has 4 heteroatoms. The van der Waals surface area contributed by atoms with Crippen molar-refractivity contribution in [2.75, 3.05) is 6.61 Å². The number of esters is 1. The van der Waals surface area contributed by atoms with Gasteiger partial charge in [0.05, 0.1) is 11.4 Å². The second-order valence-electron chi connectivity index (χ2n) is 3.11. The first kappa shape index (κ1) is 10.7. The first-order valence-electron chi connectivity index (χ1n) is 4.51. The van der Waals surface area contributed by atoms with Gasteiger partial charge in [-0.15, -0.1) is 0 Å². The Labute approximate surface area is 86.0 Å². The van der Waals surface area contributed by atoms with E-state index in [2.05, 4.69) is 15.9 Å². The predicted molar refractivity (Wildman–Crippen MR) is 51.7 cm³/mol. The van der Waals surface area contributed by atoms with Crippen molar-refractivity contribution in [1.82, 2.24) is 0 Å². The molecule has 0 amide bonds. The highest BCUT2D eigenvalue weighted by Gasteiger charge is 2.35. The van der Waals surface area contributed by atoms with Gasteiger partial charge in [0.25, 0.3) is 0 Å². The van der Waals surface area contributed by atoms with Gasteiger partial charge in [-0.1, -0.05) is 22.4 Å². The highest BCUT2D eigenvalue weighted by molar-refractivity contribution is 9.10. The average molecular weight is 249 g/mol. The molecule has 74 valence electrons. The molecule has 1 fully saturated rings. The lowest BCUT2D eigenvalue weighted by molar-refractivity contribution is -0.152. The van der Waals surface area contributed by atoms with Crippen molar-refractivity contribution in [3.63, 3.8) is 0 Å². The molecule has 0 saturated heterocycles. The smallest absolute Gasteiger partial charge is 0.316 e. The van der Waals surface area contributed by atoms with Gasteiger partial charge >= 0.3 is 5.97 Å². The summed E-state index contributed by atoms with van der Waals surface area (Å²) in [5, 5.41) is 0. The van der Waals surface area contributed by atoms with E-state index in [1.807, 2.05) is 0 Å². The van der Waals surface area contributed by atoms with Crippen LogP contribution in [0.4, 0.5) is 0 Å². The fourth-order valence-corrected chi connectivity index (χ4v) is 2.12. The summed E-state index contributed by atoms with van der Waals surface area (Å²) in [4.78, 5) is 22.6. The maximum Gasteiger partial charge on any atom is 0.316 e. The van der Waals surface area contributed by atoms with E-state index in [9.17, 15) is 9.59 Å². The number of alkyl halides is 1. The summed E-state index contributed by atoms with van der Waals surface area (Å²) >= 11 is 3.26. The zero-order valence-corrected chi connectivity index (χ0v) is 9.17. The Kier molecular flexibility index (Phi) is 3.90. The van der Waals surface area contributed by atoms with E-state index in [4.69, 9.17) is 4.74 Å². The van der Waals surface area contributed by atoms with E-state index < -0.39 is 5.92 Å². The second kappa shape index (κ2) is 4.74. The van der Waals surface area contributed by atoms with Crippen LogP contribution in [0.25, 0.3) is 0 Å². The van der Waals surface area contributed by atoms with Crippen molar-refractivity contribution in [2.24, 2.45) is 5.92 Å². The van der Waals surface area contributed by atoms with Crippen molar-refractivity contribution in [2.45, 2.75) is 31.0 Å². The van der Waals surface area contributed by atoms with Gasteiger partial charge in [0.1, 0.15) is 5.92 Å². The van der Waals surface area contributed by atoms with Crippen molar-refractivity contribution in [3.05, 3.63) is 0 Å². The second-order valence-corrected chi connectivity index (χ2v) is 4.21. The summed E-state index contributed by atoms with van der Waals surface area (Å²) in [6, 6.07) is 0. The first-order chi connectivity index (χ1) is 6.16. The molecule has 13 heavy (non-hydrogen) atoms. The third kappa shape index (κ3) is 2.53. The lowest BCUT2D eigenvalue weighted by Gasteiger charge is -2.22. The highest BCUT2D eigenvalue weighted by Crippen LogP contribution is 2.26. The van der Waals surface area contributed by atoms with E-state index >= 15 is 0 Å². The normalized spacial score (nSPS) is 28.6. The Morgan fingerprint density at radius 2 is 2.31 bits per heavy atom. The SMILES string of the molecule is CCOC(=O)[C@@H]1CCC[C@@H](Br)C1=O. The van der Waals surface area contributed by atoms with Crippen LogP contribution in [0.3, 0.4) is 0 Å². The maximum absolute atomic E-state index is 11.5. The Bertz CT molecular complexity index is 215. The van der Waals surface area contributed by atoms with Crippen LogP contribution in [-0.2, 0) is 14.3 Å². The Balaban J connectivity index is 2.57. The monoisotopic (exact) mass is 248 g/mol. The zero-order chi connectivity index (χ0) is 9.84. The number of carbonyl (C=O) groups excluding carboxylic acids is 2. The molecule has 3 nitrogen and oxygen atoms in total. The average Bonchev–Trinajstić information content (AvgIpc) is 2.10. The van der Waals surface area contributed by atoms with Crippen LogP contribution in [0.1, 0.15) is 26.2 Å².